The second kappa shape index (κ2) is 4.36. The van der Waals surface area contributed by atoms with Gasteiger partial charge < -0.3 is 9.73 Å². The number of carbonyl (C=O) groups excluding carboxylic acids is 1. The Balaban J connectivity index is 2.49. The first kappa shape index (κ1) is 10.2. The van der Waals surface area contributed by atoms with Crippen molar-refractivity contribution in [2.75, 3.05) is 6.54 Å². The highest BCUT2D eigenvalue weighted by atomic mass is 79.9. The molecule has 0 aliphatic heterocycles. The number of hydrogen-bond donors (Lipinski definition) is 1. The molecular formula is C7H6BrF2NO2. The summed E-state index contributed by atoms with van der Waals surface area (Å²) in [5.74, 6) is -0.574. The molecule has 1 rings (SSSR count). The Morgan fingerprint density at radius 3 is 2.85 bits per heavy atom. The summed E-state index contributed by atoms with van der Waals surface area (Å²) in [6.45, 7) is -0.651. The number of hydrogen-bond acceptors (Lipinski definition) is 2. The second-order valence-corrected chi connectivity index (χ2v) is 3.02. The lowest BCUT2D eigenvalue weighted by Crippen LogP contribution is -2.28. The molecule has 0 bridgehead atoms. The Morgan fingerprint density at radius 1 is 1.69 bits per heavy atom. The van der Waals surface area contributed by atoms with Crippen LogP contribution in [0.3, 0.4) is 0 Å². The van der Waals surface area contributed by atoms with Crippen molar-refractivity contribution in [3.05, 3.63) is 22.6 Å². The molecule has 0 unspecified atom stereocenters. The molecule has 1 heterocycles. The number of alkyl halides is 2. The maximum Gasteiger partial charge on any atom is 0.255 e. The van der Waals surface area contributed by atoms with E-state index < -0.39 is 18.9 Å². The van der Waals surface area contributed by atoms with Crippen molar-refractivity contribution in [2.24, 2.45) is 0 Å². The first-order valence-electron chi connectivity index (χ1n) is 3.40. The molecule has 1 aromatic heterocycles. The third-order valence-electron chi connectivity index (χ3n) is 1.25. The van der Waals surface area contributed by atoms with Crippen LogP contribution in [0, 0.1) is 0 Å². The van der Waals surface area contributed by atoms with Gasteiger partial charge in [0.15, 0.2) is 4.67 Å². The van der Waals surface area contributed by atoms with Crippen molar-refractivity contribution < 1.29 is 18.0 Å². The van der Waals surface area contributed by atoms with Gasteiger partial charge in [-0.1, -0.05) is 0 Å². The SMILES string of the molecule is O=C(NCC(F)F)c1coc(Br)c1. The summed E-state index contributed by atoms with van der Waals surface area (Å²) >= 11 is 2.99. The minimum Gasteiger partial charge on any atom is -0.457 e. The Kier molecular flexibility index (Phi) is 3.41. The van der Waals surface area contributed by atoms with Gasteiger partial charge in [0.2, 0.25) is 0 Å². The van der Waals surface area contributed by atoms with Crippen molar-refractivity contribution in [3.63, 3.8) is 0 Å². The monoisotopic (exact) mass is 253 g/mol. The Bertz CT molecular complexity index is 300. The summed E-state index contributed by atoms with van der Waals surface area (Å²) in [4.78, 5) is 11.0. The molecule has 3 nitrogen and oxygen atoms in total. The largest absolute Gasteiger partial charge is 0.457 e. The van der Waals surface area contributed by atoms with Crippen LogP contribution in [0.25, 0.3) is 0 Å². The Labute approximate surface area is 81.2 Å². The fourth-order valence-electron chi connectivity index (χ4n) is 0.701. The molecule has 0 aliphatic rings. The fourth-order valence-corrected chi connectivity index (χ4v) is 1.04. The number of rotatable bonds is 3. The van der Waals surface area contributed by atoms with E-state index in [0.29, 0.717) is 4.67 Å². The van der Waals surface area contributed by atoms with Crippen LogP contribution in [0.4, 0.5) is 8.78 Å². The molecule has 13 heavy (non-hydrogen) atoms. The molecule has 0 spiro atoms. The molecule has 0 fully saturated rings. The number of carbonyl (C=O) groups is 1. The van der Waals surface area contributed by atoms with E-state index in [9.17, 15) is 13.6 Å². The summed E-state index contributed by atoms with van der Waals surface area (Å²) in [6, 6.07) is 1.40. The molecule has 0 radical (unpaired) electrons. The Hall–Kier alpha value is -0.910. The van der Waals surface area contributed by atoms with E-state index in [1.165, 1.54) is 12.3 Å². The average molecular weight is 254 g/mol. The summed E-state index contributed by atoms with van der Waals surface area (Å²) < 4.78 is 28.5. The van der Waals surface area contributed by atoms with Crippen LogP contribution in [0.2, 0.25) is 0 Å². The van der Waals surface area contributed by atoms with Gasteiger partial charge in [0.05, 0.1) is 12.1 Å². The molecule has 1 aromatic rings. The van der Waals surface area contributed by atoms with Crippen LogP contribution in [-0.2, 0) is 0 Å². The fraction of sp³-hybridized carbons (Fsp3) is 0.286. The minimum atomic E-state index is -2.54. The van der Waals surface area contributed by atoms with Gasteiger partial charge in [0, 0.05) is 6.07 Å². The lowest BCUT2D eigenvalue weighted by Gasteiger charge is -2.00. The molecule has 0 saturated heterocycles. The summed E-state index contributed by atoms with van der Waals surface area (Å²) in [5, 5.41) is 2.04. The summed E-state index contributed by atoms with van der Waals surface area (Å²) in [6.07, 6.45) is -1.36. The third kappa shape index (κ3) is 3.14. The smallest absolute Gasteiger partial charge is 0.255 e. The van der Waals surface area contributed by atoms with Crippen molar-refractivity contribution in [3.8, 4) is 0 Å². The first-order chi connectivity index (χ1) is 6.09. The lowest BCUT2D eigenvalue weighted by atomic mass is 10.3. The Morgan fingerprint density at radius 2 is 2.38 bits per heavy atom. The maximum atomic E-state index is 11.7. The average Bonchev–Trinajstić information content (AvgIpc) is 2.47. The van der Waals surface area contributed by atoms with Crippen LogP contribution >= 0.6 is 15.9 Å². The zero-order valence-electron chi connectivity index (χ0n) is 6.39. The normalized spacial score (nSPS) is 10.5. The minimum absolute atomic E-state index is 0.215. The van der Waals surface area contributed by atoms with Gasteiger partial charge in [-0.05, 0) is 15.9 Å². The predicted octanol–water partition coefficient (Wildman–Crippen LogP) is 2.04. The molecule has 0 aromatic carbocycles. The first-order valence-corrected chi connectivity index (χ1v) is 4.19. The van der Waals surface area contributed by atoms with Gasteiger partial charge in [0.1, 0.15) is 6.26 Å². The summed E-state index contributed by atoms with van der Waals surface area (Å²) in [5.41, 5.74) is 0.215. The second-order valence-electron chi connectivity index (χ2n) is 2.24. The van der Waals surface area contributed by atoms with E-state index >= 15 is 0 Å². The van der Waals surface area contributed by atoms with Crippen molar-refractivity contribution in [1.82, 2.24) is 5.32 Å². The number of amides is 1. The van der Waals surface area contributed by atoms with Crippen LogP contribution in [-0.4, -0.2) is 18.9 Å². The molecule has 72 valence electrons. The molecule has 0 aliphatic carbocycles. The predicted molar refractivity (Wildman–Crippen MR) is 44.7 cm³/mol. The lowest BCUT2D eigenvalue weighted by molar-refractivity contribution is 0.0891. The van der Waals surface area contributed by atoms with E-state index in [1.54, 1.807) is 0 Å². The van der Waals surface area contributed by atoms with Crippen LogP contribution < -0.4 is 5.32 Å². The zero-order valence-corrected chi connectivity index (χ0v) is 7.98. The van der Waals surface area contributed by atoms with Gasteiger partial charge in [-0.15, -0.1) is 0 Å². The van der Waals surface area contributed by atoms with Gasteiger partial charge >= 0.3 is 0 Å². The van der Waals surface area contributed by atoms with E-state index in [1.807, 2.05) is 5.32 Å². The number of halogens is 3. The number of furan rings is 1. The standard InChI is InChI=1S/C7H6BrF2NO2/c8-5-1-4(3-13-5)7(12)11-2-6(9)10/h1,3,6H,2H2,(H,11,12). The van der Waals surface area contributed by atoms with Gasteiger partial charge in [-0.3, -0.25) is 4.79 Å². The molecule has 0 atom stereocenters. The van der Waals surface area contributed by atoms with Gasteiger partial charge in [-0.2, -0.15) is 0 Å². The van der Waals surface area contributed by atoms with E-state index in [0.717, 1.165) is 0 Å². The van der Waals surface area contributed by atoms with E-state index in [4.69, 9.17) is 4.42 Å². The highest BCUT2D eigenvalue weighted by Gasteiger charge is 2.10. The van der Waals surface area contributed by atoms with Crippen molar-refractivity contribution >= 4 is 21.8 Å². The van der Waals surface area contributed by atoms with E-state index in [-0.39, 0.29) is 5.56 Å². The maximum absolute atomic E-state index is 11.7. The van der Waals surface area contributed by atoms with Crippen molar-refractivity contribution in [1.29, 1.82) is 0 Å². The van der Waals surface area contributed by atoms with Gasteiger partial charge in [-0.25, -0.2) is 8.78 Å². The van der Waals surface area contributed by atoms with Crippen LogP contribution in [0.5, 0.6) is 0 Å². The summed E-state index contributed by atoms with van der Waals surface area (Å²) in [7, 11) is 0. The topological polar surface area (TPSA) is 42.2 Å². The van der Waals surface area contributed by atoms with Crippen molar-refractivity contribution in [2.45, 2.75) is 6.43 Å². The zero-order chi connectivity index (χ0) is 9.84. The highest BCUT2D eigenvalue weighted by Crippen LogP contribution is 2.13. The van der Waals surface area contributed by atoms with E-state index in [2.05, 4.69) is 15.9 Å². The molecule has 6 heteroatoms. The highest BCUT2D eigenvalue weighted by molar-refractivity contribution is 9.10. The quantitative estimate of drug-likeness (QED) is 0.896. The van der Waals surface area contributed by atoms with Crippen LogP contribution in [0.1, 0.15) is 10.4 Å². The molecule has 1 amide bonds. The van der Waals surface area contributed by atoms with Crippen LogP contribution in [0.15, 0.2) is 21.4 Å². The molecule has 1 N–H and O–H groups in total. The third-order valence-corrected chi connectivity index (χ3v) is 1.66. The molecular weight excluding hydrogens is 248 g/mol. The number of nitrogens with one attached hydrogen (secondary N) is 1. The van der Waals surface area contributed by atoms with Gasteiger partial charge in [0.25, 0.3) is 12.3 Å². The molecule has 0 saturated carbocycles.